The van der Waals surface area contributed by atoms with E-state index in [1.54, 1.807) is 13.1 Å². The number of amides is 1. The predicted octanol–water partition coefficient (Wildman–Crippen LogP) is 3.04. The molecule has 0 bridgehead atoms. The molecule has 1 atom stereocenters. The largest absolute Gasteiger partial charge is 0.373 e. The van der Waals surface area contributed by atoms with Crippen molar-refractivity contribution in [1.82, 2.24) is 10.3 Å². The number of halogens is 1. The van der Waals surface area contributed by atoms with E-state index in [2.05, 4.69) is 22.5 Å². The van der Waals surface area contributed by atoms with Crippen LogP contribution in [-0.4, -0.2) is 35.5 Å². The van der Waals surface area contributed by atoms with Crippen molar-refractivity contribution in [3.05, 3.63) is 22.8 Å². The van der Waals surface area contributed by atoms with Crippen LogP contribution in [0, 0.1) is 0 Å². The molecule has 0 aliphatic heterocycles. The van der Waals surface area contributed by atoms with E-state index in [9.17, 15) is 4.79 Å². The van der Waals surface area contributed by atoms with E-state index in [1.165, 1.54) is 6.20 Å². The third-order valence-corrected chi connectivity index (χ3v) is 3.87. The van der Waals surface area contributed by atoms with Crippen LogP contribution in [0.3, 0.4) is 0 Å². The summed E-state index contributed by atoms with van der Waals surface area (Å²) in [5, 5.41) is 6.21. The van der Waals surface area contributed by atoms with Crippen molar-refractivity contribution in [3.63, 3.8) is 0 Å². The summed E-state index contributed by atoms with van der Waals surface area (Å²) in [6.45, 7) is 4.13. The summed E-state index contributed by atoms with van der Waals surface area (Å²) in [6.07, 6.45) is 2.44. The molecule has 4 nitrogen and oxygen atoms in total. The van der Waals surface area contributed by atoms with E-state index in [4.69, 9.17) is 11.6 Å². The highest BCUT2D eigenvalue weighted by Crippen LogP contribution is 2.18. The molecule has 0 fully saturated rings. The minimum Gasteiger partial charge on any atom is -0.373 e. The van der Waals surface area contributed by atoms with Gasteiger partial charge in [0.2, 0.25) is 0 Å². The molecule has 0 aliphatic carbocycles. The van der Waals surface area contributed by atoms with Gasteiger partial charge in [0.1, 0.15) is 5.82 Å². The molecule has 0 aliphatic rings. The lowest BCUT2D eigenvalue weighted by Gasteiger charge is -2.14. The number of hydrogen-bond donors (Lipinski definition) is 2. The molecule has 1 amide bonds. The van der Waals surface area contributed by atoms with Crippen LogP contribution in [0.25, 0.3) is 0 Å². The Morgan fingerprint density at radius 3 is 2.95 bits per heavy atom. The number of nitrogens with zero attached hydrogens (tertiary/aromatic N) is 1. The lowest BCUT2D eigenvalue weighted by Crippen LogP contribution is -2.33. The van der Waals surface area contributed by atoms with E-state index < -0.39 is 0 Å². The number of rotatable bonds is 7. The molecule has 1 unspecified atom stereocenters. The molecule has 1 heterocycles. The quantitative estimate of drug-likeness (QED) is 0.760. The number of thioether (sulfide) groups is 1. The molecule has 0 saturated carbocycles. The van der Waals surface area contributed by atoms with Crippen molar-refractivity contribution in [2.75, 3.05) is 23.9 Å². The van der Waals surface area contributed by atoms with Gasteiger partial charge in [0, 0.05) is 19.3 Å². The number of anilines is 1. The molecule has 0 spiro atoms. The fraction of sp³-hybridized carbons (Fsp3) is 0.538. The minimum atomic E-state index is -0.155. The van der Waals surface area contributed by atoms with Crippen molar-refractivity contribution in [2.24, 2.45) is 0 Å². The van der Waals surface area contributed by atoms with Gasteiger partial charge in [-0.2, -0.15) is 11.8 Å². The highest BCUT2D eigenvalue weighted by atomic mass is 35.5. The van der Waals surface area contributed by atoms with Crippen LogP contribution in [0.1, 0.15) is 30.6 Å². The Kier molecular flexibility index (Phi) is 7.02. The Morgan fingerprint density at radius 2 is 2.32 bits per heavy atom. The van der Waals surface area contributed by atoms with Crippen LogP contribution in [-0.2, 0) is 0 Å². The van der Waals surface area contributed by atoms with Gasteiger partial charge in [-0.1, -0.05) is 18.5 Å². The van der Waals surface area contributed by atoms with Gasteiger partial charge in [0.05, 0.1) is 10.6 Å². The van der Waals surface area contributed by atoms with Crippen molar-refractivity contribution < 1.29 is 4.79 Å². The summed E-state index contributed by atoms with van der Waals surface area (Å²) < 4.78 is 0. The number of hydrogen-bond acceptors (Lipinski definition) is 4. The number of carbonyl (C=O) groups excluding carboxylic acids is 1. The van der Waals surface area contributed by atoms with Gasteiger partial charge in [0.15, 0.2) is 0 Å². The Balaban J connectivity index is 2.62. The van der Waals surface area contributed by atoms with Gasteiger partial charge in [0.25, 0.3) is 5.91 Å². The van der Waals surface area contributed by atoms with Crippen molar-refractivity contribution in [3.8, 4) is 0 Å². The van der Waals surface area contributed by atoms with Crippen LogP contribution in [0.5, 0.6) is 0 Å². The zero-order valence-electron chi connectivity index (χ0n) is 11.5. The highest BCUT2D eigenvalue weighted by molar-refractivity contribution is 7.99. The van der Waals surface area contributed by atoms with E-state index >= 15 is 0 Å². The average Bonchev–Trinajstić information content (AvgIpc) is 2.39. The summed E-state index contributed by atoms with van der Waals surface area (Å²) in [7, 11) is 1.75. The van der Waals surface area contributed by atoms with Gasteiger partial charge in [-0.25, -0.2) is 4.98 Å². The zero-order chi connectivity index (χ0) is 14.3. The molecule has 19 heavy (non-hydrogen) atoms. The maximum atomic E-state index is 12.1. The molecule has 0 radical (unpaired) electrons. The highest BCUT2D eigenvalue weighted by Gasteiger charge is 2.14. The third kappa shape index (κ3) is 5.28. The van der Waals surface area contributed by atoms with Crippen LogP contribution in [0.2, 0.25) is 5.02 Å². The normalized spacial score (nSPS) is 12.0. The first-order valence-corrected chi connectivity index (χ1v) is 7.83. The molecule has 106 valence electrons. The molecule has 0 aromatic carbocycles. The van der Waals surface area contributed by atoms with E-state index in [1.807, 2.05) is 18.7 Å². The van der Waals surface area contributed by atoms with Crippen LogP contribution in [0.15, 0.2) is 12.3 Å². The Bertz CT molecular complexity index is 428. The van der Waals surface area contributed by atoms with Gasteiger partial charge >= 0.3 is 0 Å². The average molecular weight is 302 g/mol. The number of nitrogens with one attached hydrogen (secondary N) is 2. The fourth-order valence-corrected chi connectivity index (χ4v) is 2.53. The molecule has 1 rings (SSSR count). The van der Waals surface area contributed by atoms with E-state index in [-0.39, 0.29) is 11.9 Å². The third-order valence-electron chi connectivity index (χ3n) is 2.63. The van der Waals surface area contributed by atoms with Crippen LogP contribution >= 0.6 is 23.4 Å². The van der Waals surface area contributed by atoms with Gasteiger partial charge in [-0.15, -0.1) is 0 Å². The second-order valence-corrected chi connectivity index (χ2v) is 5.96. The van der Waals surface area contributed by atoms with Gasteiger partial charge < -0.3 is 10.6 Å². The standard InChI is InChI=1S/C13H20ClN3OS/c1-4-19-6-5-9(2)17-13(18)10-7-12(15-3)16-8-11(10)14/h7-9H,4-6H2,1-3H3,(H,15,16)(H,17,18). The van der Waals surface area contributed by atoms with Gasteiger partial charge in [-0.3, -0.25) is 4.79 Å². The van der Waals surface area contributed by atoms with Crippen molar-refractivity contribution in [1.29, 1.82) is 0 Å². The van der Waals surface area contributed by atoms with Crippen molar-refractivity contribution in [2.45, 2.75) is 26.3 Å². The lowest BCUT2D eigenvalue weighted by molar-refractivity contribution is 0.0939. The first-order valence-electron chi connectivity index (χ1n) is 6.30. The zero-order valence-corrected chi connectivity index (χ0v) is 13.1. The smallest absolute Gasteiger partial charge is 0.253 e. The second-order valence-electron chi connectivity index (χ2n) is 4.16. The predicted molar refractivity (Wildman–Crippen MR) is 83.3 cm³/mol. The maximum Gasteiger partial charge on any atom is 0.253 e. The summed E-state index contributed by atoms with van der Waals surface area (Å²) in [6, 6.07) is 1.79. The Morgan fingerprint density at radius 1 is 1.58 bits per heavy atom. The first kappa shape index (κ1) is 16.1. The molecular formula is C13H20ClN3OS. The summed E-state index contributed by atoms with van der Waals surface area (Å²) in [5.74, 6) is 2.62. The minimum absolute atomic E-state index is 0.133. The van der Waals surface area contributed by atoms with Crippen LogP contribution in [0.4, 0.5) is 5.82 Å². The number of aromatic nitrogens is 1. The monoisotopic (exact) mass is 301 g/mol. The Labute approximate surface area is 123 Å². The van der Waals surface area contributed by atoms with Gasteiger partial charge in [-0.05, 0) is 30.9 Å². The molecule has 6 heteroatoms. The summed E-state index contributed by atoms with van der Waals surface area (Å²) >= 11 is 7.87. The fourth-order valence-electron chi connectivity index (χ4n) is 1.53. The molecular weight excluding hydrogens is 282 g/mol. The van der Waals surface area contributed by atoms with Crippen molar-refractivity contribution >= 4 is 35.1 Å². The summed E-state index contributed by atoms with van der Waals surface area (Å²) in [4.78, 5) is 16.2. The number of pyridine rings is 1. The number of carbonyl (C=O) groups is 1. The van der Waals surface area contributed by atoms with E-state index in [0.717, 1.165) is 17.9 Å². The molecule has 1 aromatic rings. The first-order chi connectivity index (χ1) is 9.08. The second kappa shape index (κ2) is 8.27. The molecule has 2 N–H and O–H groups in total. The molecule has 1 aromatic heterocycles. The van der Waals surface area contributed by atoms with E-state index in [0.29, 0.717) is 16.4 Å². The summed E-state index contributed by atoms with van der Waals surface area (Å²) in [5.41, 5.74) is 0.455. The maximum absolute atomic E-state index is 12.1. The topological polar surface area (TPSA) is 54.0 Å². The SMILES string of the molecule is CCSCCC(C)NC(=O)c1cc(NC)ncc1Cl. The lowest BCUT2D eigenvalue weighted by atomic mass is 10.2. The molecule has 0 saturated heterocycles. The Hall–Kier alpha value is -0.940. The van der Waals surface area contributed by atoms with Crippen LogP contribution < -0.4 is 10.6 Å².